The molecule has 0 amide bonds. The van der Waals surface area contributed by atoms with Crippen LogP contribution in [0.25, 0.3) is 0 Å². The molecular formula is C20H23F3N2O. The number of anilines is 1. The molecule has 1 heterocycles. The Morgan fingerprint density at radius 1 is 1.08 bits per heavy atom. The summed E-state index contributed by atoms with van der Waals surface area (Å²) >= 11 is 0. The molecule has 2 aromatic carbocycles. The predicted octanol–water partition coefficient (Wildman–Crippen LogP) is 4.39. The summed E-state index contributed by atoms with van der Waals surface area (Å²) in [6.07, 6.45) is -4.31. The minimum atomic E-state index is -4.31. The molecular weight excluding hydrogens is 341 g/mol. The molecule has 1 fully saturated rings. The Morgan fingerprint density at radius 2 is 1.77 bits per heavy atom. The Morgan fingerprint density at radius 3 is 2.42 bits per heavy atom. The summed E-state index contributed by atoms with van der Waals surface area (Å²) in [7, 11) is 0. The maximum absolute atomic E-state index is 12.8. The molecule has 0 spiro atoms. The van der Waals surface area contributed by atoms with E-state index < -0.39 is 11.7 Å². The van der Waals surface area contributed by atoms with E-state index >= 15 is 0 Å². The van der Waals surface area contributed by atoms with Crippen molar-refractivity contribution in [2.45, 2.75) is 25.7 Å². The van der Waals surface area contributed by atoms with E-state index in [-0.39, 0.29) is 6.04 Å². The maximum atomic E-state index is 12.8. The Bertz CT molecular complexity index is 710. The Hall–Kier alpha value is -2.05. The van der Waals surface area contributed by atoms with Gasteiger partial charge in [-0.25, -0.2) is 0 Å². The minimum absolute atomic E-state index is 0.170. The molecule has 0 radical (unpaired) electrons. The van der Waals surface area contributed by atoms with Gasteiger partial charge in [-0.2, -0.15) is 13.2 Å². The number of halogens is 3. The highest BCUT2D eigenvalue weighted by atomic mass is 19.4. The van der Waals surface area contributed by atoms with Crippen molar-refractivity contribution in [3.05, 3.63) is 65.2 Å². The number of rotatable bonds is 5. The molecule has 140 valence electrons. The Balaban J connectivity index is 1.58. The summed E-state index contributed by atoms with van der Waals surface area (Å²) in [4.78, 5) is 2.28. The molecule has 0 saturated carbocycles. The van der Waals surface area contributed by atoms with Crippen LogP contribution in [0, 0.1) is 0 Å². The van der Waals surface area contributed by atoms with Crippen molar-refractivity contribution in [3.63, 3.8) is 0 Å². The molecule has 1 N–H and O–H groups in total. The lowest BCUT2D eigenvalue weighted by Gasteiger charge is -2.29. The van der Waals surface area contributed by atoms with Crippen molar-refractivity contribution in [2.24, 2.45) is 0 Å². The van der Waals surface area contributed by atoms with E-state index in [4.69, 9.17) is 4.74 Å². The van der Waals surface area contributed by atoms with Gasteiger partial charge in [-0.15, -0.1) is 0 Å². The summed E-state index contributed by atoms with van der Waals surface area (Å²) in [6, 6.07) is 13.6. The lowest BCUT2D eigenvalue weighted by molar-refractivity contribution is -0.137. The second kappa shape index (κ2) is 8.10. The molecule has 0 bridgehead atoms. The van der Waals surface area contributed by atoms with Gasteiger partial charge >= 0.3 is 6.18 Å². The van der Waals surface area contributed by atoms with Crippen LogP contribution in [-0.4, -0.2) is 26.3 Å². The predicted molar refractivity (Wildman–Crippen MR) is 96.2 cm³/mol. The van der Waals surface area contributed by atoms with Gasteiger partial charge in [-0.05, 0) is 42.3 Å². The fourth-order valence-corrected chi connectivity index (χ4v) is 3.02. The van der Waals surface area contributed by atoms with E-state index in [9.17, 15) is 13.2 Å². The lowest BCUT2D eigenvalue weighted by atomic mass is 10.0. The molecule has 0 aliphatic carbocycles. The smallest absolute Gasteiger partial charge is 0.378 e. The Labute approximate surface area is 151 Å². The third kappa shape index (κ3) is 4.77. The third-order valence-electron chi connectivity index (χ3n) is 4.64. The van der Waals surface area contributed by atoms with Crippen LogP contribution in [0.15, 0.2) is 48.5 Å². The zero-order valence-electron chi connectivity index (χ0n) is 14.7. The second-order valence-electron chi connectivity index (χ2n) is 6.49. The number of alkyl halides is 3. The average molecular weight is 364 g/mol. The first kappa shape index (κ1) is 18.7. The van der Waals surface area contributed by atoms with Crippen LogP contribution in [0.2, 0.25) is 0 Å². The molecule has 3 rings (SSSR count). The van der Waals surface area contributed by atoms with Gasteiger partial charge in [0.05, 0.1) is 18.8 Å². The zero-order valence-corrected chi connectivity index (χ0v) is 14.7. The van der Waals surface area contributed by atoms with E-state index in [0.29, 0.717) is 12.1 Å². The standard InChI is InChI=1S/C20H23F3N2O/c1-15(17-3-2-4-18(13-17)20(21,22)23)24-14-16-5-7-19(8-6-16)25-9-11-26-12-10-25/h2-8,13,15,24H,9-12,14H2,1H3. The summed E-state index contributed by atoms with van der Waals surface area (Å²) in [5.74, 6) is 0. The zero-order chi connectivity index (χ0) is 18.6. The van der Waals surface area contributed by atoms with Crippen molar-refractivity contribution in [2.75, 3.05) is 31.2 Å². The van der Waals surface area contributed by atoms with Crippen LogP contribution in [0.5, 0.6) is 0 Å². The monoisotopic (exact) mass is 364 g/mol. The first-order valence-corrected chi connectivity index (χ1v) is 8.75. The highest BCUT2D eigenvalue weighted by molar-refractivity contribution is 5.47. The number of nitrogens with one attached hydrogen (secondary N) is 1. The van der Waals surface area contributed by atoms with E-state index in [2.05, 4.69) is 34.5 Å². The molecule has 26 heavy (non-hydrogen) atoms. The van der Waals surface area contributed by atoms with Crippen LogP contribution in [-0.2, 0) is 17.5 Å². The Kier molecular flexibility index (Phi) is 5.84. The van der Waals surface area contributed by atoms with Gasteiger partial charge in [0, 0.05) is 31.4 Å². The van der Waals surface area contributed by atoms with Gasteiger partial charge in [-0.3, -0.25) is 0 Å². The van der Waals surface area contributed by atoms with Crippen LogP contribution >= 0.6 is 0 Å². The molecule has 1 atom stereocenters. The minimum Gasteiger partial charge on any atom is -0.378 e. The van der Waals surface area contributed by atoms with Gasteiger partial charge in [-0.1, -0.05) is 24.3 Å². The van der Waals surface area contributed by atoms with Crippen molar-refractivity contribution < 1.29 is 17.9 Å². The number of hydrogen-bond donors (Lipinski definition) is 1. The number of nitrogens with zero attached hydrogens (tertiary/aromatic N) is 1. The van der Waals surface area contributed by atoms with Crippen LogP contribution < -0.4 is 10.2 Å². The number of morpholine rings is 1. The normalized spacial score (nSPS) is 16.5. The van der Waals surface area contributed by atoms with Gasteiger partial charge in [0.25, 0.3) is 0 Å². The quantitative estimate of drug-likeness (QED) is 0.851. The second-order valence-corrected chi connectivity index (χ2v) is 6.49. The van der Waals surface area contributed by atoms with E-state index in [1.54, 1.807) is 6.07 Å². The van der Waals surface area contributed by atoms with E-state index in [1.165, 1.54) is 17.8 Å². The molecule has 1 aliphatic rings. The largest absolute Gasteiger partial charge is 0.416 e. The molecule has 0 aromatic heterocycles. The summed E-state index contributed by atoms with van der Waals surface area (Å²) < 4.78 is 43.9. The van der Waals surface area contributed by atoms with Gasteiger partial charge in [0.2, 0.25) is 0 Å². The third-order valence-corrected chi connectivity index (χ3v) is 4.64. The average Bonchev–Trinajstić information content (AvgIpc) is 2.66. The van der Waals surface area contributed by atoms with Gasteiger partial charge in [0.1, 0.15) is 0 Å². The number of benzene rings is 2. The van der Waals surface area contributed by atoms with Crippen LogP contribution in [0.4, 0.5) is 18.9 Å². The fourth-order valence-electron chi connectivity index (χ4n) is 3.02. The van der Waals surface area contributed by atoms with E-state index in [1.807, 2.05) is 6.92 Å². The molecule has 6 heteroatoms. The van der Waals surface area contributed by atoms with Crippen molar-refractivity contribution in [3.8, 4) is 0 Å². The molecule has 1 aliphatic heterocycles. The first-order valence-electron chi connectivity index (χ1n) is 8.75. The summed E-state index contributed by atoms with van der Waals surface area (Å²) in [5, 5.41) is 3.29. The topological polar surface area (TPSA) is 24.5 Å². The molecule has 1 saturated heterocycles. The maximum Gasteiger partial charge on any atom is 0.416 e. The van der Waals surface area contributed by atoms with Crippen molar-refractivity contribution in [1.29, 1.82) is 0 Å². The van der Waals surface area contributed by atoms with E-state index in [0.717, 1.165) is 37.9 Å². The molecule has 3 nitrogen and oxygen atoms in total. The van der Waals surface area contributed by atoms with Crippen LogP contribution in [0.1, 0.15) is 29.7 Å². The highest BCUT2D eigenvalue weighted by Gasteiger charge is 2.30. The summed E-state index contributed by atoms with van der Waals surface area (Å²) in [5.41, 5.74) is 2.28. The van der Waals surface area contributed by atoms with Crippen molar-refractivity contribution in [1.82, 2.24) is 5.32 Å². The summed E-state index contributed by atoms with van der Waals surface area (Å²) in [6.45, 7) is 5.75. The number of ether oxygens (including phenoxy) is 1. The fraction of sp³-hybridized carbons (Fsp3) is 0.400. The van der Waals surface area contributed by atoms with Crippen LogP contribution in [0.3, 0.4) is 0 Å². The lowest BCUT2D eigenvalue weighted by Crippen LogP contribution is -2.36. The van der Waals surface area contributed by atoms with Gasteiger partial charge < -0.3 is 15.0 Å². The number of hydrogen-bond acceptors (Lipinski definition) is 3. The van der Waals surface area contributed by atoms with Crippen molar-refractivity contribution >= 4 is 5.69 Å². The van der Waals surface area contributed by atoms with Gasteiger partial charge in [0.15, 0.2) is 0 Å². The SMILES string of the molecule is CC(NCc1ccc(N2CCOCC2)cc1)c1cccc(C(F)(F)F)c1. The first-order chi connectivity index (χ1) is 12.4. The molecule has 2 aromatic rings. The molecule has 1 unspecified atom stereocenters. The highest BCUT2D eigenvalue weighted by Crippen LogP contribution is 2.30.